The standard InChI is InChI=1S/C26H28N6O2S/c1-16-8-7-9-20(12-16)31-17(2)13-19(18(31)3)14-21-24(27)32-26(28-25(21)34)35-22(29-32)15-23(33)30-10-5-4-6-11-30/h7-9,12-14,27H,4-6,10-11,15H2,1-3H3/b21-14+,27-24?. The summed E-state index contributed by atoms with van der Waals surface area (Å²) in [4.78, 5) is 31.6. The molecule has 1 N–H and O–H groups in total. The highest BCUT2D eigenvalue weighted by atomic mass is 32.2. The van der Waals surface area contributed by atoms with Gasteiger partial charge in [-0.25, -0.2) is 0 Å². The van der Waals surface area contributed by atoms with E-state index in [2.05, 4.69) is 39.8 Å². The molecule has 1 aromatic carbocycles. The molecule has 1 aromatic heterocycles. The predicted molar refractivity (Wildman–Crippen MR) is 140 cm³/mol. The highest BCUT2D eigenvalue weighted by molar-refractivity contribution is 8.27. The molecule has 4 heterocycles. The summed E-state index contributed by atoms with van der Waals surface area (Å²) < 4.78 is 2.14. The van der Waals surface area contributed by atoms with Crippen LogP contribution < -0.4 is 0 Å². The maximum absolute atomic E-state index is 12.9. The topological polar surface area (TPSA) is 94.1 Å². The molecule has 0 spiro atoms. The zero-order valence-corrected chi connectivity index (χ0v) is 21.0. The van der Waals surface area contributed by atoms with Crippen molar-refractivity contribution in [3.05, 3.63) is 58.4 Å². The number of aromatic nitrogens is 1. The Bertz CT molecular complexity index is 1330. The minimum atomic E-state index is -0.465. The Morgan fingerprint density at radius 3 is 2.66 bits per heavy atom. The number of carbonyl (C=O) groups is 2. The van der Waals surface area contributed by atoms with Crippen LogP contribution in [0.1, 0.15) is 48.2 Å². The van der Waals surface area contributed by atoms with E-state index in [0.29, 0.717) is 10.2 Å². The van der Waals surface area contributed by atoms with Crippen molar-refractivity contribution in [1.29, 1.82) is 5.41 Å². The van der Waals surface area contributed by atoms with Gasteiger partial charge >= 0.3 is 0 Å². The van der Waals surface area contributed by atoms with Crippen molar-refractivity contribution < 1.29 is 9.59 Å². The van der Waals surface area contributed by atoms with E-state index in [1.807, 2.05) is 30.9 Å². The lowest BCUT2D eigenvalue weighted by molar-refractivity contribution is -0.130. The molecule has 8 nitrogen and oxygen atoms in total. The van der Waals surface area contributed by atoms with Gasteiger partial charge in [-0.15, -0.1) is 0 Å². The van der Waals surface area contributed by atoms with Crippen LogP contribution in [0, 0.1) is 26.2 Å². The summed E-state index contributed by atoms with van der Waals surface area (Å²) in [7, 11) is 0. The van der Waals surface area contributed by atoms with Crippen molar-refractivity contribution in [3.63, 3.8) is 0 Å². The number of hydrogen-bond acceptors (Lipinski definition) is 5. The molecule has 0 unspecified atom stereocenters. The summed E-state index contributed by atoms with van der Waals surface area (Å²) >= 11 is 1.20. The third-order valence-corrected chi connectivity index (χ3v) is 7.45. The molecule has 1 fully saturated rings. The van der Waals surface area contributed by atoms with Gasteiger partial charge in [-0.3, -0.25) is 15.0 Å². The zero-order valence-electron chi connectivity index (χ0n) is 20.2. The van der Waals surface area contributed by atoms with Crippen LogP contribution in [-0.4, -0.2) is 55.4 Å². The molecule has 0 atom stereocenters. The largest absolute Gasteiger partial charge is 0.342 e. The maximum atomic E-state index is 12.9. The van der Waals surface area contributed by atoms with Crippen molar-refractivity contribution in [2.24, 2.45) is 10.1 Å². The monoisotopic (exact) mass is 488 g/mol. The van der Waals surface area contributed by atoms with Crippen LogP contribution in [0.4, 0.5) is 0 Å². The number of aliphatic imine (C=N–C) groups is 1. The predicted octanol–water partition coefficient (Wildman–Crippen LogP) is 4.42. The second-order valence-electron chi connectivity index (χ2n) is 9.13. The van der Waals surface area contributed by atoms with Gasteiger partial charge in [0.05, 0.1) is 12.0 Å². The first-order chi connectivity index (χ1) is 16.8. The number of amides is 2. The van der Waals surface area contributed by atoms with E-state index in [1.165, 1.54) is 22.3 Å². The number of hydrazone groups is 1. The Balaban J connectivity index is 1.40. The van der Waals surface area contributed by atoms with Crippen molar-refractivity contribution in [2.45, 2.75) is 46.5 Å². The number of carbonyl (C=O) groups excluding carboxylic acids is 2. The molecular weight excluding hydrogens is 460 g/mol. The molecule has 5 rings (SSSR count). The van der Waals surface area contributed by atoms with E-state index >= 15 is 0 Å². The number of thioether (sulfide) groups is 1. The average Bonchev–Trinajstić information content (AvgIpc) is 3.36. The number of amidine groups is 2. The molecule has 3 aliphatic heterocycles. The van der Waals surface area contributed by atoms with Gasteiger partial charge in [0.25, 0.3) is 5.91 Å². The summed E-state index contributed by atoms with van der Waals surface area (Å²) in [6.45, 7) is 7.64. The third-order valence-electron chi connectivity index (χ3n) is 6.54. The first kappa shape index (κ1) is 23.3. The van der Waals surface area contributed by atoms with Crippen LogP contribution in [0.5, 0.6) is 0 Å². The average molecular weight is 489 g/mol. The lowest BCUT2D eigenvalue weighted by Crippen LogP contribution is -2.36. The highest BCUT2D eigenvalue weighted by Gasteiger charge is 2.36. The summed E-state index contributed by atoms with van der Waals surface area (Å²) in [6.07, 6.45) is 5.10. The van der Waals surface area contributed by atoms with E-state index in [4.69, 9.17) is 5.41 Å². The van der Waals surface area contributed by atoms with Gasteiger partial charge in [-0.1, -0.05) is 12.1 Å². The van der Waals surface area contributed by atoms with E-state index in [0.717, 1.165) is 55.0 Å². The van der Waals surface area contributed by atoms with Gasteiger partial charge < -0.3 is 9.47 Å². The van der Waals surface area contributed by atoms with Crippen LogP contribution in [0.25, 0.3) is 11.8 Å². The molecule has 0 bridgehead atoms. The molecule has 180 valence electrons. The van der Waals surface area contributed by atoms with Gasteiger partial charge in [0.2, 0.25) is 11.1 Å². The number of rotatable bonds is 4. The van der Waals surface area contributed by atoms with Gasteiger partial charge in [-0.2, -0.15) is 15.1 Å². The number of nitrogens with one attached hydrogen (secondary N) is 1. The first-order valence-corrected chi connectivity index (χ1v) is 12.7. The van der Waals surface area contributed by atoms with Gasteiger partial charge in [0.1, 0.15) is 5.04 Å². The molecule has 1 saturated heterocycles. The van der Waals surface area contributed by atoms with Crippen molar-refractivity contribution in [2.75, 3.05) is 13.1 Å². The fraction of sp³-hybridized carbons (Fsp3) is 0.346. The number of fused-ring (bicyclic) bond motifs is 1. The Morgan fingerprint density at radius 2 is 1.91 bits per heavy atom. The first-order valence-electron chi connectivity index (χ1n) is 11.8. The fourth-order valence-corrected chi connectivity index (χ4v) is 5.62. The van der Waals surface area contributed by atoms with Crippen LogP contribution >= 0.6 is 11.8 Å². The Hall–Kier alpha value is -3.46. The van der Waals surface area contributed by atoms with E-state index in [-0.39, 0.29) is 23.7 Å². The minimum absolute atomic E-state index is 0.0201. The van der Waals surface area contributed by atoms with Crippen LogP contribution in [0.3, 0.4) is 0 Å². The molecule has 0 saturated carbocycles. The normalized spacial score (nSPS) is 19.2. The van der Waals surface area contributed by atoms with Gasteiger partial charge in [0, 0.05) is 30.2 Å². The Morgan fingerprint density at radius 1 is 1.14 bits per heavy atom. The molecule has 0 radical (unpaired) electrons. The fourth-order valence-electron chi connectivity index (χ4n) is 4.74. The minimum Gasteiger partial charge on any atom is -0.342 e. The summed E-state index contributed by atoms with van der Waals surface area (Å²) in [6, 6.07) is 10.3. The lowest BCUT2D eigenvalue weighted by atomic mass is 10.1. The second-order valence-corrected chi connectivity index (χ2v) is 10.2. The third kappa shape index (κ3) is 4.48. The summed E-state index contributed by atoms with van der Waals surface area (Å²) in [5.74, 6) is -0.449. The number of hydrogen-bond donors (Lipinski definition) is 1. The number of benzene rings is 1. The smallest absolute Gasteiger partial charge is 0.283 e. The van der Waals surface area contributed by atoms with E-state index in [1.54, 1.807) is 6.08 Å². The SMILES string of the molecule is Cc1cccc(-n2c(C)cc(/C=C3\C(=N)N4N=C(CC(=O)N5CCCCC5)SC4=NC3=O)c2C)c1. The van der Waals surface area contributed by atoms with Crippen LogP contribution in [-0.2, 0) is 9.59 Å². The lowest BCUT2D eigenvalue weighted by Gasteiger charge is -2.26. The molecule has 0 aliphatic carbocycles. The van der Waals surface area contributed by atoms with Crippen molar-refractivity contribution >= 4 is 45.7 Å². The number of likely N-dealkylation sites (tertiary alicyclic amines) is 1. The zero-order chi connectivity index (χ0) is 24.7. The molecule has 2 aromatic rings. The number of nitrogens with zero attached hydrogens (tertiary/aromatic N) is 5. The second kappa shape index (κ2) is 9.30. The molecule has 3 aliphatic rings. The van der Waals surface area contributed by atoms with Crippen LogP contribution in [0.15, 0.2) is 46.0 Å². The van der Waals surface area contributed by atoms with E-state index in [9.17, 15) is 9.59 Å². The number of piperidine rings is 1. The molecular formula is C26H28N6O2S. The Labute approximate surface area is 208 Å². The quantitative estimate of drug-likeness (QED) is 0.645. The number of aryl methyl sites for hydroxylation is 2. The highest BCUT2D eigenvalue weighted by Crippen LogP contribution is 2.31. The Kier molecular flexibility index (Phi) is 6.19. The van der Waals surface area contributed by atoms with Gasteiger partial charge in [0.15, 0.2) is 5.84 Å². The maximum Gasteiger partial charge on any atom is 0.283 e. The molecule has 35 heavy (non-hydrogen) atoms. The van der Waals surface area contributed by atoms with E-state index < -0.39 is 5.91 Å². The van der Waals surface area contributed by atoms with Gasteiger partial charge in [-0.05, 0) is 87.2 Å². The van der Waals surface area contributed by atoms with Crippen molar-refractivity contribution in [1.82, 2.24) is 14.5 Å². The van der Waals surface area contributed by atoms with Crippen LogP contribution in [0.2, 0.25) is 0 Å². The molecule has 2 amide bonds. The molecule has 9 heteroatoms. The van der Waals surface area contributed by atoms with Crippen molar-refractivity contribution in [3.8, 4) is 5.69 Å². The summed E-state index contributed by atoms with van der Waals surface area (Å²) in [5, 5.41) is 15.4. The summed E-state index contributed by atoms with van der Waals surface area (Å²) in [5.41, 5.74) is 5.27.